The molecule has 0 radical (unpaired) electrons. The van der Waals surface area contributed by atoms with Crippen molar-refractivity contribution in [3.8, 4) is 11.3 Å². The molecular weight excluding hydrogens is 363 g/mol. The van der Waals surface area contributed by atoms with Gasteiger partial charge < -0.3 is 4.90 Å². The number of hydrogen-bond donors (Lipinski definition) is 0. The van der Waals surface area contributed by atoms with Gasteiger partial charge in [-0.25, -0.2) is 13.2 Å². The Hall–Kier alpha value is -2.73. The number of aryl methyl sites for hydroxylation is 1. The van der Waals surface area contributed by atoms with Gasteiger partial charge in [-0.3, -0.25) is 0 Å². The van der Waals surface area contributed by atoms with Crippen LogP contribution in [-0.4, -0.2) is 28.7 Å². The quantitative estimate of drug-likeness (QED) is 0.634. The maximum absolute atomic E-state index is 15.5. The highest BCUT2D eigenvalue weighted by atomic mass is 19.2. The van der Waals surface area contributed by atoms with Crippen LogP contribution in [0.2, 0.25) is 0 Å². The van der Waals surface area contributed by atoms with Gasteiger partial charge in [0.25, 0.3) is 0 Å². The van der Waals surface area contributed by atoms with E-state index in [0.717, 1.165) is 23.9 Å². The van der Waals surface area contributed by atoms with Crippen LogP contribution in [0.3, 0.4) is 0 Å². The van der Waals surface area contributed by atoms with E-state index in [0.29, 0.717) is 35.3 Å². The van der Waals surface area contributed by atoms with Gasteiger partial charge in [0.1, 0.15) is 5.82 Å². The van der Waals surface area contributed by atoms with Crippen molar-refractivity contribution in [1.29, 1.82) is 0 Å². The number of rotatable bonds is 2. The SMILES string of the molecule is Cc1ccc(-c2ccc3c(c2F)CN(C)CCC3c2ccc(F)c(F)c2)nn1. The van der Waals surface area contributed by atoms with Crippen LogP contribution in [0, 0.1) is 24.4 Å². The summed E-state index contributed by atoms with van der Waals surface area (Å²) in [7, 11) is 1.93. The van der Waals surface area contributed by atoms with Crippen molar-refractivity contribution in [1.82, 2.24) is 15.1 Å². The highest BCUT2D eigenvalue weighted by Gasteiger charge is 2.27. The number of nitrogens with zero attached hydrogens (tertiary/aromatic N) is 3. The third kappa shape index (κ3) is 3.40. The Balaban J connectivity index is 1.84. The first kappa shape index (κ1) is 18.6. The average molecular weight is 383 g/mol. The van der Waals surface area contributed by atoms with Crippen molar-refractivity contribution in [2.45, 2.75) is 25.8 Å². The summed E-state index contributed by atoms with van der Waals surface area (Å²) >= 11 is 0. The largest absolute Gasteiger partial charge is 0.302 e. The molecule has 3 nitrogen and oxygen atoms in total. The molecule has 2 heterocycles. The summed E-state index contributed by atoms with van der Waals surface area (Å²) < 4.78 is 42.7. The van der Waals surface area contributed by atoms with Crippen molar-refractivity contribution >= 4 is 0 Å². The van der Waals surface area contributed by atoms with Gasteiger partial charge in [-0.05, 0) is 68.4 Å². The van der Waals surface area contributed by atoms with Crippen molar-refractivity contribution in [3.63, 3.8) is 0 Å². The third-order valence-corrected chi connectivity index (χ3v) is 5.30. The topological polar surface area (TPSA) is 29.0 Å². The molecule has 28 heavy (non-hydrogen) atoms. The number of aromatic nitrogens is 2. The fourth-order valence-corrected chi connectivity index (χ4v) is 3.79. The average Bonchev–Trinajstić information content (AvgIpc) is 2.84. The van der Waals surface area contributed by atoms with E-state index in [2.05, 4.69) is 10.2 Å². The predicted molar refractivity (Wildman–Crippen MR) is 101 cm³/mol. The van der Waals surface area contributed by atoms with E-state index in [1.54, 1.807) is 24.3 Å². The summed E-state index contributed by atoms with van der Waals surface area (Å²) in [6.07, 6.45) is 0.692. The summed E-state index contributed by atoms with van der Waals surface area (Å²) in [5.74, 6) is -2.31. The summed E-state index contributed by atoms with van der Waals surface area (Å²) in [5, 5.41) is 8.12. The van der Waals surface area contributed by atoms with Crippen LogP contribution in [0.1, 0.15) is 34.7 Å². The monoisotopic (exact) mass is 383 g/mol. The second kappa shape index (κ2) is 7.36. The lowest BCUT2D eigenvalue weighted by atomic mass is 9.85. The van der Waals surface area contributed by atoms with Gasteiger partial charge in [-0.15, -0.1) is 0 Å². The Morgan fingerprint density at radius 1 is 0.964 bits per heavy atom. The fraction of sp³-hybridized carbons (Fsp3) is 0.273. The van der Waals surface area contributed by atoms with Gasteiger partial charge in [-0.1, -0.05) is 12.1 Å². The first-order chi connectivity index (χ1) is 13.4. The Labute approximate surface area is 161 Å². The third-order valence-electron chi connectivity index (χ3n) is 5.30. The van der Waals surface area contributed by atoms with Crippen LogP contribution in [0.4, 0.5) is 13.2 Å². The van der Waals surface area contributed by atoms with Gasteiger partial charge in [0.2, 0.25) is 0 Å². The Morgan fingerprint density at radius 3 is 2.50 bits per heavy atom. The number of hydrogen-bond acceptors (Lipinski definition) is 3. The van der Waals surface area contributed by atoms with Crippen molar-refractivity contribution < 1.29 is 13.2 Å². The van der Waals surface area contributed by atoms with E-state index in [9.17, 15) is 8.78 Å². The smallest absolute Gasteiger partial charge is 0.159 e. The molecule has 4 rings (SSSR count). The molecule has 0 bridgehead atoms. The Bertz CT molecular complexity index is 1020. The fourth-order valence-electron chi connectivity index (χ4n) is 3.79. The standard InChI is InChI=1S/C22H20F3N3/c1-13-3-8-21(27-26-13)17-6-5-16-15(14-4-7-19(23)20(24)11-14)9-10-28(2)12-18(16)22(17)25/h3-8,11,15H,9-10,12H2,1-2H3. The van der Waals surface area contributed by atoms with E-state index in [1.165, 1.54) is 6.07 Å². The summed E-state index contributed by atoms with van der Waals surface area (Å²) in [6, 6.07) is 11.0. The Morgan fingerprint density at radius 2 is 1.79 bits per heavy atom. The van der Waals surface area contributed by atoms with E-state index in [1.807, 2.05) is 24.9 Å². The summed E-state index contributed by atoms with van der Waals surface area (Å²) in [6.45, 7) is 2.98. The van der Waals surface area contributed by atoms with Gasteiger partial charge in [-0.2, -0.15) is 10.2 Å². The summed E-state index contributed by atoms with van der Waals surface area (Å²) in [5.41, 5.74) is 3.65. The predicted octanol–water partition coefficient (Wildman–Crippen LogP) is 4.84. The van der Waals surface area contributed by atoms with Crippen LogP contribution >= 0.6 is 0 Å². The normalized spacial score (nSPS) is 17.2. The van der Waals surface area contributed by atoms with E-state index < -0.39 is 11.6 Å². The highest BCUT2D eigenvalue weighted by molar-refractivity contribution is 5.62. The maximum Gasteiger partial charge on any atom is 0.159 e. The minimum Gasteiger partial charge on any atom is -0.302 e. The molecule has 3 aromatic rings. The molecule has 0 spiro atoms. The van der Waals surface area contributed by atoms with Crippen LogP contribution in [-0.2, 0) is 6.54 Å². The number of halogens is 3. The lowest BCUT2D eigenvalue weighted by Gasteiger charge is -2.19. The van der Waals surface area contributed by atoms with Crippen molar-refractivity contribution in [2.75, 3.05) is 13.6 Å². The Kier molecular flexibility index (Phi) is 4.89. The van der Waals surface area contributed by atoms with Crippen LogP contribution in [0.15, 0.2) is 42.5 Å². The molecule has 0 amide bonds. The lowest BCUT2D eigenvalue weighted by Crippen LogP contribution is -2.18. The molecule has 1 aliphatic heterocycles. The minimum absolute atomic E-state index is 0.206. The molecule has 1 atom stereocenters. The molecule has 144 valence electrons. The molecular formula is C22H20F3N3. The zero-order valence-corrected chi connectivity index (χ0v) is 15.7. The van der Waals surface area contributed by atoms with Crippen LogP contribution < -0.4 is 0 Å². The van der Waals surface area contributed by atoms with Crippen LogP contribution in [0.25, 0.3) is 11.3 Å². The highest BCUT2D eigenvalue weighted by Crippen LogP contribution is 2.38. The summed E-state index contributed by atoms with van der Waals surface area (Å²) in [4.78, 5) is 2.03. The molecule has 0 fully saturated rings. The molecule has 1 aliphatic rings. The lowest BCUT2D eigenvalue weighted by molar-refractivity contribution is 0.324. The van der Waals surface area contributed by atoms with E-state index in [4.69, 9.17) is 0 Å². The van der Waals surface area contributed by atoms with Gasteiger partial charge >= 0.3 is 0 Å². The molecule has 0 aliphatic carbocycles. The van der Waals surface area contributed by atoms with Crippen LogP contribution in [0.5, 0.6) is 0 Å². The molecule has 0 saturated carbocycles. The first-order valence-corrected chi connectivity index (χ1v) is 9.19. The van der Waals surface area contributed by atoms with E-state index >= 15 is 4.39 Å². The molecule has 2 aromatic carbocycles. The minimum atomic E-state index is -0.885. The van der Waals surface area contributed by atoms with Gasteiger partial charge in [0.05, 0.1) is 11.4 Å². The van der Waals surface area contributed by atoms with Crippen molar-refractivity contribution in [3.05, 3.63) is 82.3 Å². The first-order valence-electron chi connectivity index (χ1n) is 9.19. The zero-order chi connectivity index (χ0) is 19.8. The number of fused-ring (bicyclic) bond motifs is 1. The number of benzene rings is 2. The van der Waals surface area contributed by atoms with Gasteiger partial charge in [0.15, 0.2) is 11.6 Å². The molecule has 0 N–H and O–H groups in total. The molecule has 0 saturated heterocycles. The second-order valence-electron chi connectivity index (χ2n) is 7.31. The van der Waals surface area contributed by atoms with E-state index in [-0.39, 0.29) is 11.7 Å². The van der Waals surface area contributed by atoms with Gasteiger partial charge in [0, 0.05) is 23.6 Å². The second-order valence-corrected chi connectivity index (χ2v) is 7.31. The molecule has 6 heteroatoms. The molecule has 1 unspecified atom stereocenters. The zero-order valence-electron chi connectivity index (χ0n) is 15.7. The molecule has 1 aromatic heterocycles. The maximum atomic E-state index is 15.5. The van der Waals surface area contributed by atoms with Crippen molar-refractivity contribution in [2.24, 2.45) is 0 Å².